The van der Waals surface area contributed by atoms with Crippen LogP contribution in [-0.2, 0) is 13.0 Å². The Morgan fingerprint density at radius 3 is 2.67 bits per heavy atom. The molecule has 0 aliphatic carbocycles. The SMILES string of the molecule is CSc1nnc(CCCNC(=O)c2sc(-c3ccc(Cl)cc3)nc2C)n1CC(C)C. The Morgan fingerprint density at radius 2 is 2.00 bits per heavy atom. The summed E-state index contributed by atoms with van der Waals surface area (Å²) in [6, 6.07) is 7.48. The van der Waals surface area contributed by atoms with Gasteiger partial charge in [0.2, 0.25) is 0 Å². The van der Waals surface area contributed by atoms with Crippen molar-refractivity contribution in [3.05, 3.63) is 45.7 Å². The highest BCUT2D eigenvalue weighted by Gasteiger charge is 2.17. The summed E-state index contributed by atoms with van der Waals surface area (Å²) in [7, 11) is 0. The third-order valence-corrected chi connectivity index (χ3v) is 6.60. The predicted molar refractivity (Wildman–Crippen MR) is 125 cm³/mol. The lowest BCUT2D eigenvalue weighted by atomic mass is 10.2. The van der Waals surface area contributed by atoms with Crippen molar-refractivity contribution >= 4 is 40.6 Å². The molecule has 3 rings (SSSR count). The van der Waals surface area contributed by atoms with E-state index < -0.39 is 0 Å². The number of hydrogen-bond acceptors (Lipinski definition) is 6. The molecule has 0 aliphatic rings. The Labute approximate surface area is 190 Å². The lowest BCUT2D eigenvalue weighted by Crippen LogP contribution is -2.25. The first-order chi connectivity index (χ1) is 14.4. The molecule has 0 unspecified atom stereocenters. The van der Waals surface area contributed by atoms with Gasteiger partial charge in [-0.05, 0) is 37.7 Å². The molecule has 0 fully saturated rings. The second kappa shape index (κ2) is 10.4. The first-order valence-corrected chi connectivity index (χ1v) is 12.3. The van der Waals surface area contributed by atoms with Gasteiger partial charge in [-0.15, -0.1) is 21.5 Å². The van der Waals surface area contributed by atoms with Gasteiger partial charge in [-0.25, -0.2) is 4.98 Å². The molecule has 0 aliphatic heterocycles. The molecule has 160 valence electrons. The number of halogens is 1. The van der Waals surface area contributed by atoms with Crippen LogP contribution in [0.15, 0.2) is 29.4 Å². The van der Waals surface area contributed by atoms with Gasteiger partial charge in [-0.2, -0.15) is 0 Å². The zero-order chi connectivity index (χ0) is 21.7. The molecule has 0 radical (unpaired) electrons. The fraction of sp³-hybridized carbons (Fsp3) is 0.429. The second-order valence-electron chi connectivity index (χ2n) is 7.41. The Morgan fingerprint density at radius 1 is 1.27 bits per heavy atom. The molecule has 6 nitrogen and oxygen atoms in total. The lowest BCUT2D eigenvalue weighted by molar-refractivity contribution is 0.0956. The smallest absolute Gasteiger partial charge is 0.263 e. The topological polar surface area (TPSA) is 72.7 Å². The highest BCUT2D eigenvalue weighted by atomic mass is 35.5. The van der Waals surface area contributed by atoms with Crippen LogP contribution in [0.3, 0.4) is 0 Å². The molecular formula is C21H26ClN5OS2. The van der Waals surface area contributed by atoms with E-state index >= 15 is 0 Å². The molecule has 2 heterocycles. The van der Waals surface area contributed by atoms with Crippen LogP contribution in [0.25, 0.3) is 10.6 Å². The molecule has 0 atom stereocenters. The molecule has 9 heteroatoms. The van der Waals surface area contributed by atoms with Crippen LogP contribution in [0.1, 0.15) is 41.5 Å². The normalized spacial score (nSPS) is 11.3. The Kier molecular flexibility index (Phi) is 7.91. The van der Waals surface area contributed by atoms with Gasteiger partial charge < -0.3 is 9.88 Å². The molecule has 0 bridgehead atoms. The number of nitrogens with one attached hydrogen (secondary N) is 1. The molecule has 1 amide bonds. The predicted octanol–water partition coefficient (Wildman–Crippen LogP) is 5.10. The van der Waals surface area contributed by atoms with Gasteiger partial charge in [0.15, 0.2) is 5.16 Å². The Balaban J connectivity index is 1.57. The largest absolute Gasteiger partial charge is 0.351 e. The van der Waals surface area contributed by atoms with Crippen LogP contribution in [0.5, 0.6) is 0 Å². The number of rotatable bonds is 9. The quantitative estimate of drug-likeness (QED) is 0.353. The number of thiazole rings is 1. The van der Waals surface area contributed by atoms with Gasteiger partial charge in [-0.3, -0.25) is 4.79 Å². The summed E-state index contributed by atoms with van der Waals surface area (Å²) in [6.07, 6.45) is 3.59. The third-order valence-electron chi connectivity index (χ3n) is 4.48. The maximum Gasteiger partial charge on any atom is 0.263 e. The van der Waals surface area contributed by atoms with Crippen molar-refractivity contribution in [2.45, 2.75) is 45.3 Å². The van der Waals surface area contributed by atoms with E-state index in [1.54, 1.807) is 11.8 Å². The summed E-state index contributed by atoms with van der Waals surface area (Å²) in [4.78, 5) is 17.8. The number of hydrogen-bond donors (Lipinski definition) is 1. The number of amides is 1. The fourth-order valence-corrected chi connectivity index (χ4v) is 4.69. The zero-order valence-corrected chi connectivity index (χ0v) is 20.0. The summed E-state index contributed by atoms with van der Waals surface area (Å²) >= 11 is 8.96. The van der Waals surface area contributed by atoms with Crippen molar-refractivity contribution in [3.63, 3.8) is 0 Å². The lowest BCUT2D eigenvalue weighted by Gasteiger charge is -2.11. The van der Waals surface area contributed by atoms with Crippen LogP contribution < -0.4 is 5.32 Å². The van der Waals surface area contributed by atoms with Crippen molar-refractivity contribution in [3.8, 4) is 10.6 Å². The van der Waals surface area contributed by atoms with E-state index in [4.69, 9.17) is 11.6 Å². The van der Waals surface area contributed by atoms with Crippen molar-refractivity contribution in [1.82, 2.24) is 25.1 Å². The Bertz CT molecular complexity index is 997. The van der Waals surface area contributed by atoms with E-state index in [0.29, 0.717) is 22.4 Å². The minimum absolute atomic E-state index is 0.0846. The van der Waals surface area contributed by atoms with Crippen LogP contribution in [0.2, 0.25) is 5.02 Å². The number of aromatic nitrogens is 4. The number of benzene rings is 1. The van der Waals surface area contributed by atoms with Crippen molar-refractivity contribution in [1.29, 1.82) is 0 Å². The average molecular weight is 464 g/mol. The highest BCUT2D eigenvalue weighted by Crippen LogP contribution is 2.28. The van der Waals surface area contributed by atoms with E-state index in [0.717, 1.165) is 46.6 Å². The first kappa shape index (κ1) is 22.8. The van der Waals surface area contributed by atoms with E-state index in [1.165, 1.54) is 11.3 Å². The van der Waals surface area contributed by atoms with Gasteiger partial charge in [-0.1, -0.05) is 49.3 Å². The van der Waals surface area contributed by atoms with Gasteiger partial charge in [0.1, 0.15) is 15.7 Å². The summed E-state index contributed by atoms with van der Waals surface area (Å²) in [5.74, 6) is 1.41. The fourth-order valence-electron chi connectivity index (χ4n) is 3.06. The zero-order valence-electron chi connectivity index (χ0n) is 17.6. The molecule has 1 aromatic carbocycles. The van der Waals surface area contributed by atoms with Gasteiger partial charge in [0, 0.05) is 30.1 Å². The molecule has 2 aromatic heterocycles. The van der Waals surface area contributed by atoms with Crippen LogP contribution in [0, 0.1) is 12.8 Å². The number of nitrogens with zero attached hydrogens (tertiary/aromatic N) is 4. The summed E-state index contributed by atoms with van der Waals surface area (Å²) in [5.41, 5.74) is 1.70. The van der Waals surface area contributed by atoms with Crippen molar-refractivity contribution < 1.29 is 4.79 Å². The first-order valence-electron chi connectivity index (χ1n) is 9.86. The number of carbonyl (C=O) groups is 1. The van der Waals surface area contributed by atoms with E-state index in [-0.39, 0.29) is 5.91 Å². The van der Waals surface area contributed by atoms with E-state index in [1.807, 2.05) is 37.4 Å². The number of carbonyl (C=O) groups excluding carboxylic acids is 1. The van der Waals surface area contributed by atoms with Crippen LogP contribution in [0.4, 0.5) is 0 Å². The maximum absolute atomic E-state index is 12.6. The average Bonchev–Trinajstić information content (AvgIpc) is 3.28. The molecule has 0 saturated heterocycles. The maximum atomic E-state index is 12.6. The summed E-state index contributed by atoms with van der Waals surface area (Å²) in [6.45, 7) is 7.71. The van der Waals surface area contributed by atoms with Gasteiger partial charge >= 0.3 is 0 Å². The number of aryl methyl sites for hydroxylation is 2. The molecule has 0 spiro atoms. The van der Waals surface area contributed by atoms with E-state index in [2.05, 4.69) is 38.9 Å². The molecule has 3 aromatic rings. The molecule has 0 saturated carbocycles. The minimum atomic E-state index is -0.0846. The summed E-state index contributed by atoms with van der Waals surface area (Å²) in [5, 5.41) is 14.1. The Hall–Kier alpha value is -1.90. The van der Waals surface area contributed by atoms with Gasteiger partial charge in [0.05, 0.1) is 5.69 Å². The van der Waals surface area contributed by atoms with Crippen molar-refractivity contribution in [2.75, 3.05) is 12.8 Å². The number of thioether (sulfide) groups is 1. The van der Waals surface area contributed by atoms with Gasteiger partial charge in [0.25, 0.3) is 5.91 Å². The molecular weight excluding hydrogens is 438 g/mol. The van der Waals surface area contributed by atoms with Crippen molar-refractivity contribution in [2.24, 2.45) is 5.92 Å². The van der Waals surface area contributed by atoms with E-state index in [9.17, 15) is 4.79 Å². The molecule has 1 N–H and O–H groups in total. The highest BCUT2D eigenvalue weighted by molar-refractivity contribution is 7.98. The van der Waals surface area contributed by atoms with Crippen LogP contribution in [-0.4, -0.2) is 38.5 Å². The summed E-state index contributed by atoms with van der Waals surface area (Å²) < 4.78 is 2.18. The minimum Gasteiger partial charge on any atom is -0.351 e. The molecule has 30 heavy (non-hydrogen) atoms. The van der Waals surface area contributed by atoms with Crippen LogP contribution >= 0.6 is 34.7 Å². The monoisotopic (exact) mass is 463 g/mol. The second-order valence-corrected chi connectivity index (χ2v) is 9.62. The third kappa shape index (κ3) is 5.62. The standard InChI is InChI=1S/C21H26ClN5OS2/c1-13(2)12-27-17(25-26-21(27)29-4)6-5-11-23-19(28)18-14(3)24-20(30-18)15-7-9-16(22)10-8-15/h7-10,13H,5-6,11-12H2,1-4H3,(H,23,28).